The third-order valence-corrected chi connectivity index (χ3v) is 5.88. The van der Waals surface area contributed by atoms with Gasteiger partial charge < -0.3 is 15.5 Å². The van der Waals surface area contributed by atoms with Gasteiger partial charge in [-0.2, -0.15) is 0 Å². The van der Waals surface area contributed by atoms with E-state index in [0.29, 0.717) is 29.0 Å². The maximum Gasteiger partial charge on any atom is 0.258 e. The van der Waals surface area contributed by atoms with E-state index in [1.54, 1.807) is 53.4 Å². The lowest BCUT2D eigenvalue weighted by Gasteiger charge is -2.17. The maximum atomic E-state index is 12.9. The Morgan fingerprint density at radius 3 is 2.06 bits per heavy atom. The van der Waals surface area contributed by atoms with Crippen molar-refractivity contribution in [3.8, 4) is 0 Å². The van der Waals surface area contributed by atoms with Gasteiger partial charge in [0.2, 0.25) is 5.91 Å². The van der Waals surface area contributed by atoms with E-state index < -0.39 is 0 Å². The van der Waals surface area contributed by atoms with Gasteiger partial charge in [-0.25, -0.2) is 0 Å². The molecular weight excluding hydrogens is 402 g/mol. The summed E-state index contributed by atoms with van der Waals surface area (Å²) in [6.07, 6.45) is 2.75. The van der Waals surface area contributed by atoms with E-state index in [1.165, 1.54) is 5.56 Å². The van der Waals surface area contributed by atoms with E-state index in [4.69, 9.17) is 0 Å². The first-order chi connectivity index (χ1) is 15.6. The maximum absolute atomic E-state index is 12.9. The number of nitrogens with one attached hydrogen (secondary N) is 2. The Balaban J connectivity index is 1.21. The summed E-state index contributed by atoms with van der Waals surface area (Å²) in [7, 11) is 0. The predicted octanol–water partition coefficient (Wildman–Crippen LogP) is 4.49. The van der Waals surface area contributed by atoms with Crippen LogP contribution in [0.25, 0.3) is 0 Å². The first-order valence-corrected chi connectivity index (χ1v) is 10.8. The van der Waals surface area contributed by atoms with Crippen molar-refractivity contribution in [2.45, 2.75) is 19.3 Å². The Morgan fingerprint density at radius 2 is 1.38 bits per heavy atom. The van der Waals surface area contributed by atoms with E-state index in [0.717, 1.165) is 24.9 Å². The van der Waals surface area contributed by atoms with Crippen LogP contribution in [0.3, 0.4) is 0 Å². The average Bonchev–Trinajstić information content (AvgIpc) is 3.59. The number of carbonyl (C=O) groups is 3. The van der Waals surface area contributed by atoms with Gasteiger partial charge in [-0.15, -0.1) is 0 Å². The lowest BCUT2D eigenvalue weighted by molar-refractivity contribution is -0.117. The van der Waals surface area contributed by atoms with Gasteiger partial charge in [0.25, 0.3) is 11.8 Å². The molecule has 0 radical (unpaired) electrons. The summed E-state index contributed by atoms with van der Waals surface area (Å²) in [6, 6.07) is 21.7. The Morgan fingerprint density at radius 1 is 0.750 bits per heavy atom. The molecule has 0 aromatic heterocycles. The smallest absolute Gasteiger partial charge is 0.258 e. The van der Waals surface area contributed by atoms with Crippen LogP contribution in [0.15, 0.2) is 72.8 Å². The Kier molecular flexibility index (Phi) is 5.19. The summed E-state index contributed by atoms with van der Waals surface area (Å²) in [5.41, 5.74) is 4.51. The normalized spacial score (nSPS) is 14.6. The van der Waals surface area contributed by atoms with Crippen LogP contribution in [0, 0.1) is 5.92 Å². The van der Waals surface area contributed by atoms with Crippen LogP contribution in [0.4, 0.5) is 17.1 Å². The molecule has 1 saturated carbocycles. The lowest BCUT2D eigenvalue weighted by atomic mass is 10.1. The molecule has 1 aliphatic carbocycles. The van der Waals surface area contributed by atoms with E-state index in [2.05, 4.69) is 16.7 Å². The molecule has 1 fully saturated rings. The van der Waals surface area contributed by atoms with Crippen LogP contribution in [-0.4, -0.2) is 24.3 Å². The first-order valence-electron chi connectivity index (χ1n) is 10.8. The number of hydrogen-bond donors (Lipinski definition) is 2. The molecule has 160 valence electrons. The van der Waals surface area contributed by atoms with Crippen LogP contribution in [0.1, 0.15) is 39.1 Å². The monoisotopic (exact) mass is 425 g/mol. The third-order valence-electron chi connectivity index (χ3n) is 5.88. The molecule has 6 heteroatoms. The molecule has 3 aromatic carbocycles. The number of para-hydroxylation sites is 1. The quantitative estimate of drug-likeness (QED) is 0.632. The summed E-state index contributed by atoms with van der Waals surface area (Å²) in [5.74, 6) is -0.128. The molecular formula is C26H23N3O3. The fraction of sp³-hybridized carbons (Fsp3) is 0.192. The highest BCUT2D eigenvalue weighted by Gasteiger charge is 2.29. The van der Waals surface area contributed by atoms with Gasteiger partial charge in [-0.1, -0.05) is 18.2 Å². The van der Waals surface area contributed by atoms with Crippen molar-refractivity contribution >= 4 is 34.8 Å². The van der Waals surface area contributed by atoms with Gasteiger partial charge in [0.15, 0.2) is 0 Å². The highest BCUT2D eigenvalue weighted by molar-refractivity contribution is 6.08. The van der Waals surface area contributed by atoms with Gasteiger partial charge in [-0.3, -0.25) is 14.4 Å². The number of hydrogen-bond acceptors (Lipinski definition) is 3. The van der Waals surface area contributed by atoms with Crippen LogP contribution in [0.5, 0.6) is 0 Å². The van der Waals surface area contributed by atoms with Crippen molar-refractivity contribution in [1.82, 2.24) is 0 Å². The Hall–Kier alpha value is -3.93. The zero-order chi connectivity index (χ0) is 22.1. The Bertz CT molecular complexity index is 1180. The minimum Gasteiger partial charge on any atom is -0.326 e. The average molecular weight is 425 g/mol. The molecule has 6 nitrogen and oxygen atoms in total. The van der Waals surface area contributed by atoms with Gasteiger partial charge in [0.1, 0.15) is 0 Å². The van der Waals surface area contributed by atoms with Crippen molar-refractivity contribution in [2.24, 2.45) is 5.92 Å². The molecule has 0 saturated heterocycles. The van der Waals surface area contributed by atoms with Crippen LogP contribution < -0.4 is 15.5 Å². The second-order valence-corrected chi connectivity index (χ2v) is 8.21. The van der Waals surface area contributed by atoms with E-state index in [-0.39, 0.29) is 23.6 Å². The van der Waals surface area contributed by atoms with Crippen molar-refractivity contribution in [1.29, 1.82) is 0 Å². The van der Waals surface area contributed by atoms with Crippen molar-refractivity contribution in [3.63, 3.8) is 0 Å². The number of nitrogens with zero attached hydrogens (tertiary/aromatic N) is 1. The minimum absolute atomic E-state index is 0.0363. The van der Waals surface area contributed by atoms with Gasteiger partial charge >= 0.3 is 0 Å². The molecule has 32 heavy (non-hydrogen) atoms. The fourth-order valence-corrected chi connectivity index (χ4v) is 3.90. The number of rotatable bonds is 5. The van der Waals surface area contributed by atoms with Crippen LogP contribution >= 0.6 is 0 Å². The standard InChI is InChI=1S/C26H23N3O3/c30-24(18-5-6-18)27-21-11-7-19(8-12-21)25(31)28-22-13-9-20(10-14-22)26(32)29-16-15-17-3-1-2-4-23(17)29/h1-4,7-14,18H,5-6,15-16H2,(H,27,30)(H,28,31). The summed E-state index contributed by atoms with van der Waals surface area (Å²) in [4.78, 5) is 39.1. The molecule has 0 bridgehead atoms. The Labute approximate surface area is 186 Å². The highest BCUT2D eigenvalue weighted by atomic mass is 16.2. The lowest BCUT2D eigenvalue weighted by Crippen LogP contribution is -2.28. The molecule has 1 heterocycles. The van der Waals surface area contributed by atoms with Crippen molar-refractivity contribution in [2.75, 3.05) is 22.1 Å². The number of amides is 3. The highest BCUT2D eigenvalue weighted by Crippen LogP contribution is 2.30. The molecule has 5 rings (SSSR count). The zero-order valence-corrected chi connectivity index (χ0v) is 17.5. The van der Waals surface area contributed by atoms with E-state index in [9.17, 15) is 14.4 Å². The summed E-state index contributed by atoms with van der Waals surface area (Å²) < 4.78 is 0. The largest absolute Gasteiger partial charge is 0.326 e. The fourth-order valence-electron chi connectivity index (χ4n) is 3.90. The molecule has 2 N–H and O–H groups in total. The summed E-state index contributed by atoms with van der Waals surface area (Å²) in [6.45, 7) is 0.674. The predicted molar refractivity (Wildman–Crippen MR) is 124 cm³/mol. The number of carbonyl (C=O) groups excluding carboxylic acids is 3. The van der Waals surface area contributed by atoms with E-state index >= 15 is 0 Å². The first kappa shape index (κ1) is 20.0. The third kappa shape index (κ3) is 4.12. The van der Waals surface area contributed by atoms with Crippen molar-refractivity contribution in [3.05, 3.63) is 89.5 Å². The minimum atomic E-state index is -0.252. The molecule has 0 atom stereocenters. The van der Waals surface area contributed by atoms with Crippen molar-refractivity contribution < 1.29 is 14.4 Å². The number of benzene rings is 3. The molecule has 3 aromatic rings. The molecule has 1 aliphatic heterocycles. The summed E-state index contributed by atoms with van der Waals surface area (Å²) in [5, 5.41) is 5.71. The molecule has 0 unspecified atom stereocenters. The van der Waals surface area contributed by atoms with Gasteiger partial charge in [0, 0.05) is 40.7 Å². The van der Waals surface area contributed by atoms with Gasteiger partial charge in [-0.05, 0) is 79.4 Å². The van der Waals surface area contributed by atoms with Crippen LogP contribution in [0.2, 0.25) is 0 Å². The topological polar surface area (TPSA) is 78.5 Å². The van der Waals surface area contributed by atoms with Gasteiger partial charge in [0.05, 0.1) is 0 Å². The second kappa shape index (κ2) is 8.30. The summed E-state index contributed by atoms with van der Waals surface area (Å²) >= 11 is 0. The van der Waals surface area contributed by atoms with E-state index in [1.807, 2.05) is 18.2 Å². The number of fused-ring (bicyclic) bond motifs is 1. The van der Waals surface area contributed by atoms with Crippen LogP contribution in [-0.2, 0) is 11.2 Å². The second-order valence-electron chi connectivity index (χ2n) is 8.21. The number of anilines is 3. The molecule has 0 spiro atoms. The molecule has 2 aliphatic rings. The zero-order valence-electron chi connectivity index (χ0n) is 17.5. The SMILES string of the molecule is O=C(Nc1ccc(C(=O)N2CCc3ccccc32)cc1)c1ccc(NC(=O)C2CC2)cc1. The molecule has 3 amide bonds.